The van der Waals surface area contributed by atoms with E-state index in [-0.39, 0.29) is 23.6 Å². The van der Waals surface area contributed by atoms with Gasteiger partial charge in [-0.05, 0) is 60.6 Å². The highest BCUT2D eigenvalue weighted by molar-refractivity contribution is 7.18. The van der Waals surface area contributed by atoms with Gasteiger partial charge >= 0.3 is 0 Å². The number of ether oxygens (including phenoxy) is 1. The summed E-state index contributed by atoms with van der Waals surface area (Å²) in [7, 11) is 0. The lowest BCUT2D eigenvalue weighted by atomic mass is 10.0. The van der Waals surface area contributed by atoms with Crippen LogP contribution in [-0.2, 0) is 14.3 Å². The molecule has 0 bridgehead atoms. The monoisotopic (exact) mass is 503 g/mol. The number of nitrogens with zero attached hydrogens (tertiary/aromatic N) is 2. The van der Waals surface area contributed by atoms with Crippen LogP contribution in [0.15, 0.2) is 30.3 Å². The van der Waals surface area contributed by atoms with E-state index in [1.54, 1.807) is 24.0 Å². The molecule has 1 aromatic carbocycles. The molecule has 9 heteroatoms. The van der Waals surface area contributed by atoms with Gasteiger partial charge in [-0.3, -0.25) is 14.4 Å². The molecule has 1 N–H and O–H groups in total. The van der Waals surface area contributed by atoms with Crippen LogP contribution in [0.3, 0.4) is 0 Å². The Bertz CT molecular complexity index is 1070. The quantitative estimate of drug-likeness (QED) is 0.577. The summed E-state index contributed by atoms with van der Waals surface area (Å²) >= 11 is 7.16. The maximum atomic E-state index is 12.7. The molecule has 2 heterocycles. The fraction of sp³-hybridized carbons (Fsp3) is 0.480. The van der Waals surface area contributed by atoms with Gasteiger partial charge in [-0.25, -0.2) is 0 Å². The number of thiophene rings is 1. The van der Waals surface area contributed by atoms with Crippen molar-refractivity contribution in [2.24, 2.45) is 5.92 Å². The first kappa shape index (κ1) is 24.7. The van der Waals surface area contributed by atoms with Crippen LogP contribution in [0.4, 0.5) is 11.4 Å². The van der Waals surface area contributed by atoms with Gasteiger partial charge in [0.2, 0.25) is 11.8 Å². The lowest BCUT2D eigenvalue weighted by Gasteiger charge is -2.28. The van der Waals surface area contributed by atoms with Crippen molar-refractivity contribution in [1.29, 1.82) is 0 Å². The van der Waals surface area contributed by atoms with Crippen LogP contribution in [0.25, 0.3) is 0 Å². The van der Waals surface area contributed by atoms with E-state index in [2.05, 4.69) is 11.4 Å². The zero-order valence-electron chi connectivity index (χ0n) is 19.5. The van der Waals surface area contributed by atoms with Gasteiger partial charge in [-0.2, -0.15) is 0 Å². The Morgan fingerprint density at radius 3 is 2.74 bits per heavy atom. The Labute approximate surface area is 209 Å². The Morgan fingerprint density at radius 1 is 1.26 bits per heavy atom. The molecule has 0 radical (unpaired) electrons. The van der Waals surface area contributed by atoms with Crippen molar-refractivity contribution in [2.75, 3.05) is 42.6 Å². The molecule has 1 saturated heterocycles. The number of carbonyl (C=O) groups is 3. The van der Waals surface area contributed by atoms with Crippen LogP contribution in [0.5, 0.6) is 0 Å². The van der Waals surface area contributed by atoms with Gasteiger partial charge in [0.1, 0.15) is 0 Å². The molecule has 4 rings (SSSR count). The van der Waals surface area contributed by atoms with Gasteiger partial charge in [0.15, 0.2) is 0 Å². The molecule has 1 atom stereocenters. The van der Waals surface area contributed by atoms with Crippen molar-refractivity contribution in [3.8, 4) is 0 Å². The van der Waals surface area contributed by atoms with Gasteiger partial charge < -0.3 is 19.9 Å². The highest BCUT2D eigenvalue weighted by Crippen LogP contribution is 2.46. The fourth-order valence-corrected chi connectivity index (χ4v) is 5.15. The maximum absolute atomic E-state index is 12.7. The molecule has 1 aliphatic heterocycles. The van der Waals surface area contributed by atoms with Crippen LogP contribution < -0.4 is 15.1 Å². The highest BCUT2D eigenvalue weighted by atomic mass is 35.5. The Balaban J connectivity index is 1.47. The normalized spacial score (nSPS) is 17.3. The van der Waals surface area contributed by atoms with E-state index in [9.17, 15) is 14.4 Å². The van der Waals surface area contributed by atoms with Gasteiger partial charge in [-0.15, -0.1) is 11.3 Å². The molecule has 1 saturated carbocycles. The predicted octanol–water partition coefficient (Wildman–Crippen LogP) is 4.45. The molecule has 34 heavy (non-hydrogen) atoms. The molecule has 2 aromatic rings. The third-order valence-electron chi connectivity index (χ3n) is 6.13. The zero-order chi connectivity index (χ0) is 24.2. The van der Waals surface area contributed by atoms with E-state index in [0.29, 0.717) is 54.4 Å². The summed E-state index contributed by atoms with van der Waals surface area (Å²) < 4.78 is 6.06. The summed E-state index contributed by atoms with van der Waals surface area (Å²) in [6.07, 6.45) is 2.56. The molecule has 3 amide bonds. The first-order chi connectivity index (χ1) is 16.3. The first-order valence-corrected chi connectivity index (χ1v) is 12.9. The van der Waals surface area contributed by atoms with Crippen molar-refractivity contribution in [2.45, 2.75) is 39.0 Å². The van der Waals surface area contributed by atoms with Gasteiger partial charge in [0.25, 0.3) is 5.91 Å². The number of anilines is 2. The van der Waals surface area contributed by atoms with Crippen LogP contribution in [-0.4, -0.2) is 50.6 Å². The Morgan fingerprint density at radius 2 is 2.06 bits per heavy atom. The fourth-order valence-electron chi connectivity index (χ4n) is 4.19. The number of rotatable bonds is 8. The molecule has 2 aliphatic rings. The minimum Gasteiger partial charge on any atom is -0.379 e. The molecule has 7 nitrogen and oxygen atoms in total. The van der Waals surface area contributed by atoms with E-state index in [4.69, 9.17) is 16.3 Å². The molecular weight excluding hydrogens is 474 g/mol. The number of hydrogen-bond acceptors (Lipinski definition) is 5. The molecule has 182 valence electrons. The number of benzene rings is 1. The molecule has 0 unspecified atom stereocenters. The summed E-state index contributed by atoms with van der Waals surface area (Å²) in [5.74, 6) is 0.306. The van der Waals surface area contributed by atoms with Crippen molar-refractivity contribution >= 4 is 52.0 Å². The summed E-state index contributed by atoms with van der Waals surface area (Å²) in [5.41, 5.74) is 2.87. The molecule has 2 fully saturated rings. The minimum absolute atomic E-state index is 0.0386. The van der Waals surface area contributed by atoms with Crippen LogP contribution in [0.2, 0.25) is 4.34 Å². The molecule has 0 spiro atoms. The third kappa shape index (κ3) is 5.98. The van der Waals surface area contributed by atoms with E-state index >= 15 is 0 Å². The van der Waals surface area contributed by atoms with Gasteiger partial charge in [0.05, 0.1) is 28.8 Å². The zero-order valence-corrected chi connectivity index (χ0v) is 21.1. The SMILES string of the molecule is CC(=O)N(C[C@@H](C)CNC(=O)c1ccc(Cl)s1)c1ccc(N2CCOCCC2=O)c(C2CC2)c1. The lowest BCUT2D eigenvalue weighted by molar-refractivity contribution is -0.118. The second kappa shape index (κ2) is 10.9. The van der Waals surface area contributed by atoms with Crippen molar-refractivity contribution in [3.63, 3.8) is 0 Å². The first-order valence-electron chi connectivity index (χ1n) is 11.7. The summed E-state index contributed by atoms with van der Waals surface area (Å²) in [6, 6.07) is 9.36. The number of amides is 3. The van der Waals surface area contributed by atoms with Crippen molar-refractivity contribution in [3.05, 3.63) is 45.1 Å². The molecular formula is C25H30ClN3O4S. The minimum atomic E-state index is -0.162. The third-order valence-corrected chi connectivity index (χ3v) is 7.36. The van der Waals surface area contributed by atoms with Crippen LogP contribution >= 0.6 is 22.9 Å². The number of halogens is 1. The number of hydrogen-bond donors (Lipinski definition) is 1. The van der Waals surface area contributed by atoms with Crippen molar-refractivity contribution < 1.29 is 19.1 Å². The predicted molar refractivity (Wildman–Crippen MR) is 135 cm³/mol. The summed E-state index contributed by atoms with van der Waals surface area (Å²) in [4.78, 5) is 41.7. The maximum Gasteiger partial charge on any atom is 0.261 e. The standard InChI is InChI=1S/C25H30ClN3O4S/c1-16(14-27-25(32)22-7-8-23(26)34-22)15-29(17(2)30)19-5-6-21(20(13-19)18-3-4-18)28-10-12-33-11-9-24(28)31/h5-8,13,16,18H,3-4,9-12,14-15H2,1-2H3,(H,27,32)/t16-/m0/s1. The summed E-state index contributed by atoms with van der Waals surface area (Å²) in [5, 5.41) is 2.93. The average Bonchev–Trinajstić information content (AvgIpc) is 3.60. The topological polar surface area (TPSA) is 79.0 Å². The van der Waals surface area contributed by atoms with Crippen LogP contribution in [0, 0.1) is 5.92 Å². The van der Waals surface area contributed by atoms with Gasteiger partial charge in [-0.1, -0.05) is 18.5 Å². The molecule has 1 aliphatic carbocycles. The lowest BCUT2D eigenvalue weighted by Crippen LogP contribution is -2.38. The Kier molecular flexibility index (Phi) is 7.91. The largest absolute Gasteiger partial charge is 0.379 e. The second-order valence-corrected chi connectivity index (χ2v) is 10.7. The highest BCUT2D eigenvalue weighted by Gasteiger charge is 2.31. The van der Waals surface area contributed by atoms with E-state index in [0.717, 1.165) is 29.8 Å². The molecule has 1 aromatic heterocycles. The number of nitrogens with one attached hydrogen (secondary N) is 1. The Hall–Kier alpha value is -2.42. The average molecular weight is 504 g/mol. The number of carbonyl (C=O) groups excluding carboxylic acids is 3. The van der Waals surface area contributed by atoms with Crippen molar-refractivity contribution in [1.82, 2.24) is 5.32 Å². The van der Waals surface area contributed by atoms with Gasteiger partial charge in [0, 0.05) is 37.9 Å². The second-order valence-electron chi connectivity index (χ2n) is 8.97. The van der Waals surface area contributed by atoms with E-state index in [1.165, 1.54) is 11.3 Å². The van der Waals surface area contributed by atoms with E-state index < -0.39 is 0 Å². The summed E-state index contributed by atoms with van der Waals surface area (Å²) in [6.45, 7) is 5.99. The van der Waals surface area contributed by atoms with Crippen LogP contribution in [0.1, 0.15) is 54.3 Å². The van der Waals surface area contributed by atoms with E-state index in [1.807, 2.05) is 24.0 Å². The smallest absolute Gasteiger partial charge is 0.261 e.